The minimum absolute atomic E-state index is 0.00870. The Morgan fingerprint density at radius 2 is 1.79 bits per heavy atom. The Balaban J connectivity index is 2.01. The molecule has 0 aliphatic carbocycles. The van der Waals surface area contributed by atoms with Crippen molar-refractivity contribution in [2.75, 3.05) is 39.4 Å². The number of hydrogen-bond acceptors (Lipinski definition) is 7. The van der Waals surface area contributed by atoms with E-state index in [1.54, 1.807) is 29.2 Å². The first kappa shape index (κ1) is 25.4. The van der Waals surface area contributed by atoms with Crippen molar-refractivity contribution in [3.05, 3.63) is 59.3 Å². The predicted octanol–water partition coefficient (Wildman–Crippen LogP) is 4.39. The molecule has 1 amide bonds. The molecule has 0 saturated heterocycles. The molecule has 1 aromatic carbocycles. The monoisotopic (exact) mass is 470 g/mol. The maximum atomic E-state index is 13.3. The number of nitrogens with zero attached hydrogens (tertiary/aromatic N) is 2. The van der Waals surface area contributed by atoms with E-state index in [2.05, 4.69) is 18.7 Å². The van der Waals surface area contributed by atoms with E-state index in [0.29, 0.717) is 43.2 Å². The van der Waals surface area contributed by atoms with Crippen LogP contribution in [0.2, 0.25) is 0 Å². The first-order chi connectivity index (χ1) is 16.5. The number of aliphatic hydroxyl groups is 1. The lowest BCUT2D eigenvalue weighted by Crippen LogP contribution is -2.34. The Morgan fingerprint density at radius 3 is 2.41 bits per heavy atom. The highest BCUT2D eigenvalue weighted by atomic mass is 16.5. The van der Waals surface area contributed by atoms with Crippen molar-refractivity contribution in [2.45, 2.75) is 40.2 Å². The second-order valence-corrected chi connectivity index (χ2v) is 7.92. The van der Waals surface area contributed by atoms with Gasteiger partial charge in [-0.2, -0.15) is 0 Å². The average molecular weight is 471 g/mol. The van der Waals surface area contributed by atoms with Crippen LogP contribution in [0.25, 0.3) is 0 Å². The molecular weight excluding hydrogens is 436 g/mol. The number of ether oxygens (including phenoxy) is 2. The van der Waals surface area contributed by atoms with Gasteiger partial charge in [0.05, 0.1) is 31.1 Å². The van der Waals surface area contributed by atoms with E-state index in [4.69, 9.17) is 13.9 Å². The number of carbonyl (C=O) groups excluding carboxylic acids is 2. The van der Waals surface area contributed by atoms with Gasteiger partial charge < -0.3 is 28.8 Å². The van der Waals surface area contributed by atoms with Crippen molar-refractivity contribution in [2.24, 2.45) is 0 Å². The molecule has 1 unspecified atom stereocenters. The normalized spacial score (nSPS) is 16.0. The topological polar surface area (TPSA) is 92.5 Å². The fraction of sp³-hybridized carbons (Fsp3) is 0.462. The number of furan rings is 1. The highest BCUT2D eigenvalue weighted by Gasteiger charge is 2.44. The molecule has 1 aliphatic rings. The number of benzene rings is 1. The molecule has 8 nitrogen and oxygen atoms in total. The molecule has 1 atom stereocenters. The molecule has 3 rings (SSSR count). The van der Waals surface area contributed by atoms with Gasteiger partial charge in [0.2, 0.25) is 5.78 Å². The summed E-state index contributed by atoms with van der Waals surface area (Å²) in [6.07, 6.45) is 2.09. The summed E-state index contributed by atoms with van der Waals surface area (Å²) in [6, 6.07) is 7.71. The lowest BCUT2D eigenvalue weighted by molar-refractivity contribution is -0.129. The van der Waals surface area contributed by atoms with Crippen molar-refractivity contribution in [1.82, 2.24) is 9.80 Å². The van der Waals surface area contributed by atoms with E-state index in [1.807, 2.05) is 13.8 Å². The third kappa shape index (κ3) is 5.28. The lowest BCUT2D eigenvalue weighted by atomic mass is 9.94. The van der Waals surface area contributed by atoms with Gasteiger partial charge in [0.15, 0.2) is 23.0 Å². The second-order valence-electron chi connectivity index (χ2n) is 7.92. The van der Waals surface area contributed by atoms with E-state index < -0.39 is 23.5 Å². The van der Waals surface area contributed by atoms with Crippen LogP contribution in [0.3, 0.4) is 0 Å². The van der Waals surface area contributed by atoms with Crippen LogP contribution in [-0.2, 0) is 4.79 Å². The van der Waals surface area contributed by atoms with E-state index in [9.17, 15) is 14.7 Å². The Labute approximate surface area is 200 Å². The van der Waals surface area contributed by atoms with Gasteiger partial charge in [-0.05, 0) is 69.7 Å². The predicted molar refractivity (Wildman–Crippen MR) is 128 cm³/mol. The van der Waals surface area contributed by atoms with Crippen LogP contribution in [-0.4, -0.2) is 66.0 Å². The molecule has 0 bridgehead atoms. The maximum absolute atomic E-state index is 13.3. The van der Waals surface area contributed by atoms with Gasteiger partial charge in [0.25, 0.3) is 5.91 Å². The molecule has 184 valence electrons. The molecule has 1 N–H and O–H groups in total. The van der Waals surface area contributed by atoms with Crippen LogP contribution in [0.5, 0.6) is 11.5 Å². The van der Waals surface area contributed by atoms with E-state index in [0.717, 1.165) is 19.6 Å². The smallest absolute Gasteiger partial charge is 0.290 e. The summed E-state index contributed by atoms with van der Waals surface area (Å²) in [5, 5.41) is 10.8. The summed E-state index contributed by atoms with van der Waals surface area (Å²) in [6.45, 7) is 11.9. The Hall–Kier alpha value is -3.26. The van der Waals surface area contributed by atoms with Gasteiger partial charge in [-0.15, -0.1) is 0 Å². The molecule has 1 aromatic heterocycles. The second kappa shape index (κ2) is 11.7. The van der Waals surface area contributed by atoms with E-state index in [1.165, 1.54) is 12.3 Å². The van der Waals surface area contributed by atoms with E-state index >= 15 is 0 Å². The van der Waals surface area contributed by atoms with Crippen LogP contribution >= 0.6 is 0 Å². The highest BCUT2D eigenvalue weighted by Crippen LogP contribution is 2.41. The Morgan fingerprint density at radius 1 is 1.09 bits per heavy atom. The summed E-state index contributed by atoms with van der Waals surface area (Å²) in [5.74, 6) is -0.446. The maximum Gasteiger partial charge on any atom is 0.290 e. The molecule has 1 aliphatic heterocycles. The molecule has 0 fully saturated rings. The number of hydrogen-bond donors (Lipinski definition) is 1. The lowest BCUT2D eigenvalue weighted by Gasteiger charge is -2.28. The molecule has 0 saturated carbocycles. The van der Waals surface area contributed by atoms with Crippen molar-refractivity contribution in [1.29, 1.82) is 0 Å². The van der Waals surface area contributed by atoms with Gasteiger partial charge in [0, 0.05) is 6.54 Å². The molecule has 8 heteroatoms. The van der Waals surface area contributed by atoms with Gasteiger partial charge in [0.1, 0.15) is 0 Å². The first-order valence-electron chi connectivity index (χ1n) is 11.9. The summed E-state index contributed by atoms with van der Waals surface area (Å²) in [4.78, 5) is 30.2. The van der Waals surface area contributed by atoms with Crippen molar-refractivity contribution in [3.8, 4) is 11.5 Å². The van der Waals surface area contributed by atoms with Crippen molar-refractivity contribution < 1.29 is 28.6 Å². The number of aliphatic hydroxyl groups excluding tert-OH is 1. The highest BCUT2D eigenvalue weighted by molar-refractivity contribution is 6.15. The summed E-state index contributed by atoms with van der Waals surface area (Å²) in [5.41, 5.74) is 0.663. The minimum atomic E-state index is -0.767. The Kier molecular flexibility index (Phi) is 8.76. The van der Waals surface area contributed by atoms with Gasteiger partial charge in [-0.1, -0.05) is 19.9 Å². The fourth-order valence-electron chi connectivity index (χ4n) is 4.25. The van der Waals surface area contributed by atoms with Crippen LogP contribution in [0.15, 0.2) is 52.3 Å². The largest absolute Gasteiger partial charge is 0.503 e. The number of Topliss-reactive ketones (excluding diaryl/α,β-unsaturated/α-hetero) is 1. The number of rotatable bonds is 13. The third-order valence-corrected chi connectivity index (χ3v) is 5.94. The zero-order chi connectivity index (χ0) is 24.7. The Bertz CT molecular complexity index is 1010. The van der Waals surface area contributed by atoms with E-state index in [-0.39, 0.29) is 11.3 Å². The molecule has 0 radical (unpaired) electrons. The zero-order valence-corrected chi connectivity index (χ0v) is 20.4. The molecule has 2 aromatic rings. The molecule has 34 heavy (non-hydrogen) atoms. The quantitative estimate of drug-likeness (QED) is 0.434. The number of amides is 1. The van der Waals surface area contributed by atoms with Gasteiger partial charge in [-0.25, -0.2) is 0 Å². The summed E-state index contributed by atoms with van der Waals surface area (Å²) < 4.78 is 16.7. The number of ketones is 1. The summed E-state index contributed by atoms with van der Waals surface area (Å²) >= 11 is 0. The SMILES string of the molecule is CCOc1ccc(C2C(C(=O)c3ccco3)=C(O)C(=O)N2CCCN(CC)CC)cc1OCC. The van der Waals surface area contributed by atoms with Crippen LogP contribution < -0.4 is 9.47 Å². The van der Waals surface area contributed by atoms with Gasteiger partial charge in [-0.3, -0.25) is 9.59 Å². The van der Waals surface area contributed by atoms with Crippen LogP contribution in [0.1, 0.15) is 56.3 Å². The minimum Gasteiger partial charge on any atom is -0.503 e. The van der Waals surface area contributed by atoms with Crippen molar-refractivity contribution >= 4 is 11.7 Å². The summed E-state index contributed by atoms with van der Waals surface area (Å²) in [7, 11) is 0. The molecular formula is C26H34N2O6. The average Bonchev–Trinajstić information content (AvgIpc) is 3.46. The first-order valence-corrected chi connectivity index (χ1v) is 11.9. The fourth-order valence-corrected chi connectivity index (χ4v) is 4.25. The zero-order valence-electron chi connectivity index (χ0n) is 20.4. The molecule has 0 spiro atoms. The van der Waals surface area contributed by atoms with Crippen LogP contribution in [0.4, 0.5) is 0 Å². The third-order valence-electron chi connectivity index (χ3n) is 5.94. The molecule has 2 heterocycles. The van der Waals surface area contributed by atoms with Crippen molar-refractivity contribution in [3.63, 3.8) is 0 Å². The standard InChI is InChI=1S/C26H34N2O6/c1-5-27(6-2)14-10-15-28-23(18-12-13-19(32-7-3)21(17-18)33-8-4)22(25(30)26(28)31)24(29)20-11-9-16-34-20/h9,11-13,16-17,23,30H,5-8,10,14-15H2,1-4H3. The van der Waals surface area contributed by atoms with Gasteiger partial charge >= 0.3 is 0 Å². The number of carbonyl (C=O) groups is 2. The van der Waals surface area contributed by atoms with Crippen LogP contribution in [0, 0.1) is 0 Å².